The van der Waals surface area contributed by atoms with Crippen LogP contribution in [-0.2, 0) is 20.7 Å². The van der Waals surface area contributed by atoms with Gasteiger partial charge in [-0.25, -0.2) is 5.53 Å². The number of phenols is 2. The minimum absolute atomic E-state index is 0.0275. The average molecular weight is 541 g/mol. The molecule has 0 amide bonds. The Labute approximate surface area is 222 Å². The lowest BCUT2D eigenvalue weighted by molar-refractivity contribution is -0.247. The van der Waals surface area contributed by atoms with Crippen molar-refractivity contribution in [2.75, 3.05) is 7.11 Å². The first-order valence-corrected chi connectivity index (χ1v) is 12.4. The van der Waals surface area contributed by atoms with Crippen molar-refractivity contribution in [2.24, 2.45) is 5.11 Å². The van der Waals surface area contributed by atoms with Crippen molar-refractivity contribution in [2.45, 2.75) is 69.4 Å². The first kappa shape index (κ1) is 26.9. The molecule has 3 aliphatic rings. The number of aromatic hydroxyl groups is 2. The number of hydrogen-bond donors (Lipinski definition) is 5. The maximum Gasteiger partial charge on any atom is 0.202 e. The highest BCUT2D eigenvalue weighted by Gasteiger charge is 2.49. The van der Waals surface area contributed by atoms with Crippen molar-refractivity contribution in [1.29, 1.82) is 5.53 Å². The molecule has 2 aliphatic carbocycles. The lowest BCUT2D eigenvalue weighted by Crippen LogP contribution is -2.49. The van der Waals surface area contributed by atoms with Crippen LogP contribution in [-0.4, -0.2) is 75.0 Å². The third-order valence-corrected chi connectivity index (χ3v) is 7.89. The summed E-state index contributed by atoms with van der Waals surface area (Å²) in [6, 6.07) is 3.56. The number of nitrogens with one attached hydrogen (secondary N) is 1. The molecule has 2 aromatic carbocycles. The lowest BCUT2D eigenvalue weighted by atomic mass is 9.72. The normalized spacial score (nSPS) is 29.7. The Kier molecular flexibility index (Phi) is 6.54. The molecule has 2 aromatic rings. The van der Waals surface area contributed by atoms with Crippen LogP contribution in [0.15, 0.2) is 23.3 Å². The Morgan fingerprint density at radius 1 is 1.15 bits per heavy atom. The molecule has 0 aromatic heterocycles. The summed E-state index contributed by atoms with van der Waals surface area (Å²) in [4.78, 5) is 39.7. The quantitative estimate of drug-likeness (QED) is 0.236. The van der Waals surface area contributed by atoms with Gasteiger partial charge in [-0.2, -0.15) is 5.11 Å². The van der Waals surface area contributed by atoms with Gasteiger partial charge < -0.3 is 34.6 Å². The molecule has 1 fully saturated rings. The van der Waals surface area contributed by atoms with Crippen molar-refractivity contribution in [3.63, 3.8) is 0 Å². The van der Waals surface area contributed by atoms with Gasteiger partial charge in [-0.3, -0.25) is 14.4 Å². The van der Waals surface area contributed by atoms with Crippen molar-refractivity contribution in [1.82, 2.24) is 0 Å². The van der Waals surface area contributed by atoms with Gasteiger partial charge in [0.25, 0.3) is 0 Å². The number of methoxy groups -OCH3 is 1. The Bertz CT molecular complexity index is 1420. The fourth-order valence-corrected chi connectivity index (χ4v) is 5.73. The molecular weight excluding hydrogens is 512 g/mol. The van der Waals surface area contributed by atoms with E-state index in [2.05, 4.69) is 5.11 Å². The number of ether oxygens (including phenoxy) is 3. The van der Waals surface area contributed by atoms with Crippen LogP contribution in [0.5, 0.6) is 17.2 Å². The van der Waals surface area contributed by atoms with Crippen molar-refractivity contribution >= 4 is 17.3 Å². The van der Waals surface area contributed by atoms with E-state index < -0.39 is 82.6 Å². The number of Topliss-reactive ketones (excluding diaryl/α,β-unsaturated/α-hetero) is 1. The van der Waals surface area contributed by atoms with Gasteiger partial charge in [0.1, 0.15) is 35.0 Å². The second-order valence-corrected chi connectivity index (χ2v) is 10.2. The maximum atomic E-state index is 13.7. The Hall–Kier alpha value is -3.71. The smallest absolute Gasteiger partial charge is 0.202 e. The number of phenolic OH excluding ortho intramolecular Hbond substituents is 2. The number of benzene rings is 2. The molecule has 5 N–H and O–H groups in total. The number of rotatable bonds is 5. The Morgan fingerprint density at radius 2 is 1.85 bits per heavy atom. The molecule has 39 heavy (non-hydrogen) atoms. The molecule has 0 saturated carbocycles. The Morgan fingerprint density at radius 3 is 2.49 bits per heavy atom. The van der Waals surface area contributed by atoms with E-state index in [0.717, 1.165) is 0 Å². The van der Waals surface area contributed by atoms with Crippen LogP contribution in [0.1, 0.15) is 75.8 Å². The lowest BCUT2D eigenvalue weighted by Gasteiger charge is -2.41. The van der Waals surface area contributed by atoms with Crippen LogP contribution in [0, 0.1) is 5.53 Å². The molecule has 0 spiro atoms. The van der Waals surface area contributed by atoms with Gasteiger partial charge in [-0.15, -0.1) is 0 Å². The molecule has 5 rings (SSSR count). The molecule has 12 heteroatoms. The number of aliphatic hydroxyl groups excluding tert-OH is 1. The zero-order valence-electron chi connectivity index (χ0n) is 21.4. The summed E-state index contributed by atoms with van der Waals surface area (Å²) in [5, 5.41) is 47.7. The number of hydrogen-bond acceptors (Lipinski definition) is 12. The second-order valence-electron chi connectivity index (χ2n) is 10.2. The average Bonchev–Trinajstić information content (AvgIpc) is 2.90. The summed E-state index contributed by atoms with van der Waals surface area (Å²) < 4.78 is 17.1. The SMILES string of the molecule is COc1cccc2c1C(=O)c1c(O)c3c(c(O)c1C2=O)C[C@@](O)(C(C)=O)C[C@@H]3OC1CC(N=N)C(O)C(C)O1. The van der Waals surface area contributed by atoms with Gasteiger partial charge >= 0.3 is 0 Å². The van der Waals surface area contributed by atoms with Gasteiger partial charge in [0, 0.05) is 36.0 Å². The minimum atomic E-state index is -2.03. The minimum Gasteiger partial charge on any atom is -0.507 e. The molecule has 4 unspecified atom stereocenters. The van der Waals surface area contributed by atoms with E-state index >= 15 is 0 Å². The summed E-state index contributed by atoms with van der Waals surface area (Å²) in [6.07, 6.45) is -5.03. The van der Waals surface area contributed by atoms with Gasteiger partial charge in [-0.05, 0) is 19.9 Å². The zero-order chi connectivity index (χ0) is 28.4. The van der Waals surface area contributed by atoms with Crippen LogP contribution in [0.3, 0.4) is 0 Å². The molecule has 12 nitrogen and oxygen atoms in total. The van der Waals surface area contributed by atoms with Crippen LogP contribution in [0.4, 0.5) is 0 Å². The van der Waals surface area contributed by atoms with E-state index in [0.29, 0.717) is 0 Å². The van der Waals surface area contributed by atoms with Crippen LogP contribution in [0.25, 0.3) is 0 Å². The highest BCUT2D eigenvalue weighted by atomic mass is 16.7. The summed E-state index contributed by atoms with van der Waals surface area (Å²) in [7, 11) is 1.33. The molecule has 0 bridgehead atoms. The molecule has 1 aliphatic heterocycles. The molecule has 1 heterocycles. The molecule has 0 radical (unpaired) electrons. The number of ketones is 3. The molecule has 1 saturated heterocycles. The Balaban J connectivity index is 1.68. The van der Waals surface area contributed by atoms with Crippen LogP contribution < -0.4 is 4.74 Å². The predicted octanol–water partition coefficient (Wildman–Crippen LogP) is 2.10. The summed E-state index contributed by atoms with van der Waals surface area (Å²) in [6.45, 7) is 2.73. The van der Waals surface area contributed by atoms with E-state index in [4.69, 9.17) is 19.7 Å². The standard InChI is InChI=1S/C27H28N2O10/c1-10-22(31)14(29-28)7-17(38-10)39-16-9-27(36,11(2)30)8-13-19(16)26(35)21-20(24(13)33)23(32)12-5-4-6-15(37-3)18(12)25(21)34/h4-6,10,14,16-17,22,28,31,33,35-36H,7-9H2,1-3H3/t10?,14?,16-,17?,22?,27-/m0/s1. The number of nitrogens with zero attached hydrogens (tertiary/aromatic N) is 1. The third-order valence-electron chi connectivity index (χ3n) is 7.89. The predicted molar refractivity (Wildman–Crippen MR) is 131 cm³/mol. The molecule has 6 atom stereocenters. The van der Waals surface area contributed by atoms with Crippen molar-refractivity contribution < 1.29 is 49.0 Å². The summed E-state index contributed by atoms with van der Waals surface area (Å²) >= 11 is 0. The highest BCUT2D eigenvalue weighted by molar-refractivity contribution is 6.31. The number of carbonyl (C=O) groups is 3. The largest absolute Gasteiger partial charge is 0.507 e. The fourth-order valence-electron chi connectivity index (χ4n) is 5.73. The van der Waals surface area contributed by atoms with Crippen molar-refractivity contribution in [3.8, 4) is 17.2 Å². The number of aliphatic hydroxyl groups is 2. The van der Waals surface area contributed by atoms with Gasteiger partial charge in [0.2, 0.25) is 5.78 Å². The van der Waals surface area contributed by atoms with E-state index in [1.54, 1.807) is 6.92 Å². The molecule has 206 valence electrons. The van der Waals surface area contributed by atoms with Gasteiger partial charge in [0.05, 0.1) is 36.0 Å². The van der Waals surface area contributed by atoms with Gasteiger partial charge in [-0.1, -0.05) is 12.1 Å². The van der Waals surface area contributed by atoms with E-state index in [1.807, 2.05) is 0 Å². The topological polar surface area (TPSA) is 196 Å². The first-order chi connectivity index (χ1) is 18.4. The molecular formula is C27H28N2O10. The first-order valence-electron chi connectivity index (χ1n) is 12.4. The van der Waals surface area contributed by atoms with E-state index in [1.165, 1.54) is 32.2 Å². The fraction of sp³-hybridized carbons (Fsp3) is 0.444. The van der Waals surface area contributed by atoms with E-state index in [-0.39, 0.29) is 40.8 Å². The zero-order valence-corrected chi connectivity index (χ0v) is 21.4. The number of carbonyl (C=O) groups excluding carboxylic acids is 3. The third kappa shape index (κ3) is 4.02. The number of fused-ring (bicyclic) bond motifs is 3. The summed E-state index contributed by atoms with van der Waals surface area (Å²) in [5.41, 5.74) is 4.18. The second kappa shape index (κ2) is 9.49. The highest BCUT2D eigenvalue weighted by Crippen LogP contribution is 2.52. The van der Waals surface area contributed by atoms with E-state index in [9.17, 15) is 34.8 Å². The van der Waals surface area contributed by atoms with Crippen LogP contribution >= 0.6 is 0 Å². The van der Waals surface area contributed by atoms with Crippen LogP contribution in [0.2, 0.25) is 0 Å². The van der Waals surface area contributed by atoms with Crippen molar-refractivity contribution in [3.05, 3.63) is 51.6 Å². The monoisotopic (exact) mass is 540 g/mol. The summed E-state index contributed by atoms with van der Waals surface area (Å²) in [5.74, 6) is -3.29. The maximum absolute atomic E-state index is 13.7. The van der Waals surface area contributed by atoms with Gasteiger partial charge in [0.15, 0.2) is 17.9 Å².